The van der Waals surface area contributed by atoms with Gasteiger partial charge >= 0.3 is 0 Å². The Morgan fingerprint density at radius 2 is 1.83 bits per heavy atom. The van der Waals surface area contributed by atoms with Gasteiger partial charge in [0.15, 0.2) is 5.96 Å². The number of nitrogens with one attached hydrogen (secondary N) is 3. The number of anilines is 1. The minimum atomic E-state index is -0.140. The molecule has 0 saturated heterocycles. The predicted octanol–water partition coefficient (Wildman–Crippen LogP) is 1.68. The number of guanidine groups is 1. The van der Waals surface area contributed by atoms with Gasteiger partial charge in [0.1, 0.15) is 6.54 Å². The van der Waals surface area contributed by atoms with Crippen molar-refractivity contribution in [1.82, 2.24) is 15.2 Å². The molecule has 6 nitrogen and oxygen atoms in total. The van der Waals surface area contributed by atoms with Crippen LogP contribution in [0.4, 0.5) is 5.69 Å². The molecule has 1 heterocycles. The van der Waals surface area contributed by atoms with E-state index < -0.39 is 0 Å². The van der Waals surface area contributed by atoms with Crippen LogP contribution in [0.15, 0.2) is 59.9 Å². The molecule has 3 N–H and O–H groups in total. The Morgan fingerprint density at radius 3 is 2.52 bits per heavy atom. The summed E-state index contributed by atoms with van der Waals surface area (Å²) >= 11 is 0. The number of rotatable bonds is 7. The number of hydrogen-bond donors (Lipinski definition) is 3. The number of carbonyl (C=O) groups is 1. The Morgan fingerprint density at radius 1 is 1.09 bits per heavy atom. The van der Waals surface area contributed by atoms with Gasteiger partial charge in [-0.2, -0.15) is 0 Å². The van der Waals surface area contributed by atoms with Gasteiger partial charge in [-0.05, 0) is 31.2 Å². The predicted molar refractivity (Wildman–Crippen MR) is 93.5 cm³/mol. The fourth-order valence-electron chi connectivity index (χ4n) is 2.04. The van der Waals surface area contributed by atoms with Crippen LogP contribution in [0, 0.1) is 0 Å². The second-order valence-electron chi connectivity index (χ2n) is 4.96. The van der Waals surface area contributed by atoms with Crippen molar-refractivity contribution in [3.8, 4) is 0 Å². The van der Waals surface area contributed by atoms with Crippen molar-refractivity contribution in [3.63, 3.8) is 0 Å². The minimum Gasteiger partial charge on any atom is -0.357 e. The van der Waals surface area contributed by atoms with Crippen molar-refractivity contribution in [3.05, 3.63) is 54.9 Å². The molecule has 0 bridgehead atoms. The first-order valence-corrected chi connectivity index (χ1v) is 7.76. The van der Waals surface area contributed by atoms with E-state index in [2.05, 4.69) is 25.5 Å². The van der Waals surface area contributed by atoms with Gasteiger partial charge in [-0.25, -0.2) is 4.99 Å². The number of amides is 1. The van der Waals surface area contributed by atoms with E-state index in [9.17, 15) is 4.79 Å². The van der Waals surface area contributed by atoms with Crippen LogP contribution in [0.2, 0.25) is 0 Å². The Labute approximate surface area is 136 Å². The van der Waals surface area contributed by atoms with E-state index in [1.54, 1.807) is 0 Å². The molecule has 0 radical (unpaired) electrons. The van der Waals surface area contributed by atoms with Crippen LogP contribution >= 0.6 is 0 Å². The molecule has 1 aromatic carbocycles. The highest BCUT2D eigenvalue weighted by molar-refractivity contribution is 5.94. The molecule has 0 aliphatic heterocycles. The normalized spacial score (nSPS) is 11.1. The Kier molecular flexibility index (Phi) is 6.71. The molecule has 0 unspecified atom stereocenters. The maximum atomic E-state index is 11.9. The highest BCUT2D eigenvalue weighted by atomic mass is 16.1. The number of nitrogens with zero attached hydrogens (tertiary/aromatic N) is 2. The lowest BCUT2D eigenvalue weighted by molar-refractivity contribution is -0.114. The van der Waals surface area contributed by atoms with Crippen LogP contribution in [-0.2, 0) is 11.3 Å². The molecule has 0 aliphatic rings. The van der Waals surface area contributed by atoms with Gasteiger partial charge in [-0.15, -0.1) is 0 Å². The third kappa shape index (κ3) is 6.25. The summed E-state index contributed by atoms with van der Waals surface area (Å²) in [4.78, 5) is 16.2. The lowest BCUT2D eigenvalue weighted by atomic mass is 10.3. The monoisotopic (exact) mass is 313 g/mol. The standard InChI is InChI=1S/C17H23N5O/c1-2-18-17(19-10-13-22-11-6-7-12-22)20-14-16(23)21-15-8-4-3-5-9-15/h3-9,11-12H,2,10,13-14H2,1H3,(H,21,23)(H2,18,19,20). The van der Waals surface area contributed by atoms with E-state index in [1.165, 1.54) is 0 Å². The molecule has 0 fully saturated rings. The number of aromatic nitrogens is 1. The molecule has 0 spiro atoms. The Hall–Kier alpha value is -2.76. The van der Waals surface area contributed by atoms with Crippen molar-refractivity contribution in [2.45, 2.75) is 13.5 Å². The molecule has 0 atom stereocenters. The lowest BCUT2D eigenvalue weighted by Crippen LogP contribution is -2.39. The summed E-state index contributed by atoms with van der Waals surface area (Å²) in [5.41, 5.74) is 0.776. The van der Waals surface area contributed by atoms with Gasteiger partial charge in [0.05, 0.1) is 0 Å². The first-order chi connectivity index (χ1) is 11.3. The Bertz CT molecular complexity index is 607. The smallest absolute Gasteiger partial charge is 0.246 e. The molecule has 0 aliphatic carbocycles. The van der Waals surface area contributed by atoms with Crippen molar-refractivity contribution in [2.75, 3.05) is 25.0 Å². The second kappa shape index (κ2) is 9.30. The third-order valence-electron chi connectivity index (χ3n) is 3.11. The summed E-state index contributed by atoms with van der Waals surface area (Å²) in [7, 11) is 0. The number of para-hydroxylation sites is 1. The van der Waals surface area contributed by atoms with Crippen molar-refractivity contribution < 1.29 is 4.79 Å². The summed E-state index contributed by atoms with van der Waals surface area (Å²) in [6.07, 6.45) is 4.03. The van der Waals surface area contributed by atoms with Crippen LogP contribution < -0.4 is 16.0 Å². The van der Waals surface area contributed by atoms with E-state index in [4.69, 9.17) is 0 Å². The molecule has 1 amide bonds. The zero-order valence-electron chi connectivity index (χ0n) is 13.3. The van der Waals surface area contributed by atoms with Crippen LogP contribution in [-0.4, -0.2) is 36.1 Å². The average molecular weight is 313 g/mol. The molecule has 23 heavy (non-hydrogen) atoms. The van der Waals surface area contributed by atoms with Crippen LogP contribution in [0.5, 0.6) is 0 Å². The van der Waals surface area contributed by atoms with Crippen molar-refractivity contribution in [2.24, 2.45) is 4.99 Å². The maximum Gasteiger partial charge on any atom is 0.246 e. The summed E-state index contributed by atoms with van der Waals surface area (Å²) < 4.78 is 2.08. The molecular formula is C17H23N5O. The number of carbonyl (C=O) groups excluding carboxylic acids is 1. The van der Waals surface area contributed by atoms with Crippen molar-refractivity contribution >= 4 is 17.6 Å². The maximum absolute atomic E-state index is 11.9. The highest BCUT2D eigenvalue weighted by Gasteiger charge is 2.02. The van der Waals surface area contributed by atoms with E-state index in [1.807, 2.05) is 61.8 Å². The van der Waals surface area contributed by atoms with Gasteiger partial charge in [-0.3, -0.25) is 4.79 Å². The molecular weight excluding hydrogens is 290 g/mol. The molecule has 122 valence electrons. The summed E-state index contributed by atoms with van der Waals surface area (Å²) in [5.74, 6) is 0.502. The van der Waals surface area contributed by atoms with Crippen LogP contribution in [0.25, 0.3) is 0 Å². The van der Waals surface area contributed by atoms with E-state index >= 15 is 0 Å². The molecule has 2 aromatic rings. The Balaban J connectivity index is 1.79. The topological polar surface area (TPSA) is 70.4 Å². The lowest BCUT2D eigenvalue weighted by Gasteiger charge is -2.11. The quantitative estimate of drug-likeness (QED) is 0.538. The molecule has 1 aromatic heterocycles. The van der Waals surface area contributed by atoms with E-state index in [0.717, 1.165) is 25.3 Å². The van der Waals surface area contributed by atoms with E-state index in [-0.39, 0.29) is 12.5 Å². The second-order valence-corrected chi connectivity index (χ2v) is 4.96. The van der Waals surface area contributed by atoms with Gasteiger partial charge in [0.2, 0.25) is 5.91 Å². The number of benzene rings is 1. The fourth-order valence-corrected chi connectivity index (χ4v) is 2.04. The molecule has 0 saturated carbocycles. The van der Waals surface area contributed by atoms with Gasteiger partial charge < -0.3 is 20.5 Å². The molecule has 6 heteroatoms. The molecule has 2 rings (SSSR count). The average Bonchev–Trinajstić information content (AvgIpc) is 3.07. The van der Waals surface area contributed by atoms with Crippen LogP contribution in [0.3, 0.4) is 0 Å². The summed E-state index contributed by atoms with van der Waals surface area (Å²) in [6.45, 7) is 4.39. The van der Waals surface area contributed by atoms with Gasteiger partial charge in [0, 0.05) is 37.7 Å². The van der Waals surface area contributed by atoms with Crippen molar-refractivity contribution in [1.29, 1.82) is 0 Å². The number of hydrogen-bond acceptors (Lipinski definition) is 2. The summed E-state index contributed by atoms with van der Waals surface area (Å²) in [5, 5.41) is 9.16. The first kappa shape index (κ1) is 16.6. The zero-order chi connectivity index (χ0) is 16.3. The van der Waals surface area contributed by atoms with E-state index in [0.29, 0.717) is 5.96 Å². The SMILES string of the molecule is CCNC(=NCC(=O)Nc1ccccc1)NCCn1cccc1. The fraction of sp³-hybridized carbons (Fsp3) is 0.294. The summed E-state index contributed by atoms with van der Waals surface area (Å²) in [6, 6.07) is 13.4. The highest BCUT2D eigenvalue weighted by Crippen LogP contribution is 2.04. The number of aliphatic imine (C=N–C) groups is 1. The zero-order valence-corrected chi connectivity index (χ0v) is 13.3. The van der Waals surface area contributed by atoms with Gasteiger partial charge in [-0.1, -0.05) is 18.2 Å². The van der Waals surface area contributed by atoms with Gasteiger partial charge in [0.25, 0.3) is 0 Å². The largest absolute Gasteiger partial charge is 0.357 e. The first-order valence-electron chi connectivity index (χ1n) is 7.76. The third-order valence-corrected chi connectivity index (χ3v) is 3.11. The minimum absolute atomic E-state index is 0.0771. The van der Waals surface area contributed by atoms with Crippen LogP contribution in [0.1, 0.15) is 6.92 Å².